The lowest BCUT2D eigenvalue weighted by atomic mass is 10.1. The number of imidazole rings is 1. The van der Waals surface area contributed by atoms with Crippen LogP contribution in [0.25, 0.3) is 22.4 Å². The molecule has 0 bridgehead atoms. The lowest BCUT2D eigenvalue weighted by Gasteiger charge is -2.07. The van der Waals surface area contributed by atoms with E-state index in [0.717, 1.165) is 33.7 Å². The molecule has 2 aromatic heterocycles. The maximum absolute atomic E-state index is 12.6. The molecule has 2 heterocycles. The summed E-state index contributed by atoms with van der Waals surface area (Å²) in [4.78, 5) is 24.4. The number of carbonyl (C=O) groups excluding carboxylic acids is 1. The van der Waals surface area contributed by atoms with Crippen LogP contribution in [0.1, 0.15) is 15.9 Å². The van der Waals surface area contributed by atoms with Crippen molar-refractivity contribution in [3.05, 3.63) is 96.6 Å². The average Bonchev–Trinajstić information content (AvgIpc) is 3.44. The van der Waals surface area contributed by atoms with Crippen LogP contribution in [0.3, 0.4) is 0 Å². The van der Waals surface area contributed by atoms with Gasteiger partial charge in [-0.1, -0.05) is 24.3 Å². The molecule has 0 fully saturated rings. The first kappa shape index (κ1) is 17.8. The molecule has 5 aromatic rings. The SMILES string of the molecule is O=C(Nc1ccc(-c2nc3ccccc3[nH]2)cc1)c1ccc(Cn2cncn2)cc1. The zero-order valence-corrected chi connectivity index (χ0v) is 16.0. The number of benzene rings is 3. The Morgan fingerprint density at radius 2 is 1.77 bits per heavy atom. The van der Waals surface area contributed by atoms with E-state index in [1.54, 1.807) is 11.0 Å². The first-order valence-corrected chi connectivity index (χ1v) is 9.52. The summed E-state index contributed by atoms with van der Waals surface area (Å²) in [6, 6.07) is 23.0. The van der Waals surface area contributed by atoms with E-state index in [9.17, 15) is 4.79 Å². The molecule has 2 N–H and O–H groups in total. The van der Waals surface area contributed by atoms with Crippen LogP contribution in [0, 0.1) is 0 Å². The number of rotatable bonds is 5. The average molecular weight is 394 g/mol. The van der Waals surface area contributed by atoms with Crippen molar-refractivity contribution in [2.75, 3.05) is 5.32 Å². The highest BCUT2D eigenvalue weighted by Gasteiger charge is 2.08. The predicted octanol–water partition coefficient (Wildman–Crippen LogP) is 4.12. The molecule has 0 radical (unpaired) electrons. The second kappa shape index (κ2) is 7.63. The van der Waals surface area contributed by atoms with Crippen molar-refractivity contribution in [2.24, 2.45) is 0 Å². The summed E-state index contributed by atoms with van der Waals surface area (Å²) < 4.78 is 1.73. The summed E-state index contributed by atoms with van der Waals surface area (Å²) in [6.45, 7) is 0.616. The number of nitrogens with one attached hydrogen (secondary N) is 2. The molecule has 7 heteroatoms. The van der Waals surface area contributed by atoms with E-state index >= 15 is 0 Å². The van der Waals surface area contributed by atoms with Gasteiger partial charge in [-0.3, -0.25) is 4.79 Å². The fourth-order valence-corrected chi connectivity index (χ4v) is 3.27. The Hall–Kier alpha value is -4.26. The lowest BCUT2D eigenvalue weighted by Crippen LogP contribution is -2.12. The third-order valence-corrected chi connectivity index (χ3v) is 4.83. The minimum Gasteiger partial charge on any atom is -0.338 e. The highest BCUT2D eigenvalue weighted by Crippen LogP contribution is 2.22. The number of aromatic nitrogens is 5. The maximum Gasteiger partial charge on any atom is 0.255 e. The molecule has 0 spiro atoms. The third-order valence-electron chi connectivity index (χ3n) is 4.83. The summed E-state index contributed by atoms with van der Waals surface area (Å²) in [5.74, 6) is 0.649. The first-order chi connectivity index (χ1) is 14.7. The van der Waals surface area contributed by atoms with Crippen LogP contribution in [0.2, 0.25) is 0 Å². The van der Waals surface area contributed by atoms with Gasteiger partial charge in [0.05, 0.1) is 17.6 Å². The number of para-hydroxylation sites is 2. The van der Waals surface area contributed by atoms with Gasteiger partial charge in [-0.05, 0) is 54.1 Å². The van der Waals surface area contributed by atoms with Crippen LogP contribution >= 0.6 is 0 Å². The molecule has 0 aliphatic rings. The molecule has 0 atom stereocenters. The normalized spacial score (nSPS) is 10.9. The number of nitrogens with zero attached hydrogens (tertiary/aromatic N) is 4. The molecule has 146 valence electrons. The van der Waals surface area contributed by atoms with Crippen molar-refractivity contribution in [3.8, 4) is 11.4 Å². The van der Waals surface area contributed by atoms with Crippen LogP contribution in [0.4, 0.5) is 5.69 Å². The van der Waals surface area contributed by atoms with Crippen LogP contribution in [0.5, 0.6) is 0 Å². The van der Waals surface area contributed by atoms with E-state index in [4.69, 9.17) is 0 Å². The van der Waals surface area contributed by atoms with E-state index in [0.29, 0.717) is 12.1 Å². The second-order valence-corrected chi connectivity index (χ2v) is 6.92. The van der Waals surface area contributed by atoms with Crippen LogP contribution in [0.15, 0.2) is 85.5 Å². The summed E-state index contributed by atoms with van der Waals surface area (Å²) in [7, 11) is 0. The van der Waals surface area contributed by atoms with Gasteiger partial charge in [0.15, 0.2) is 0 Å². The van der Waals surface area contributed by atoms with E-state index in [1.807, 2.05) is 72.8 Å². The first-order valence-electron chi connectivity index (χ1n) is 9.52. The molecule has 7 nitrogen and oxygen atoms in total. The Bertz CT molecular complexity index is 1260. The highest BCUT2D eigenvalue weighted by atomic mass is 16.1. The van der Waals surface area contributed by atoms with Crippen molar-refractivity contribution < 1.29 is 4.79 Å². The molecule has 30 heavy (non-hydrogen) atoms. The molecule has 0 unspecified atom stereocenters. The Morgan fingerprint density at radius 1 is 0.967 bits per heavy atom. The fourth-order valence-electron chi connectivity index (χ4n) is 3.27. The zero-order chi connectivity index (χ0) is 20.3. The van der Waals surface area contributed by atoms with Crippen molar-refractivity contribution in [1.82, 2.24) is 24.7 Å². The number of H-pyrrole nitrogens is 1. The lowest BCUT2D eigenvalue weighted by molar-refractivity contribution is 0.102. The number of hydrogen-bond donors (Lipinski definition) is 2. The number of anilines is 1. The quantitative estimate of drug-likeness (QED) is 0.469. The molecular formula is C23H18N6O. The molecule has 0 saturated heterocycles. The fraction of sp³-hybridized carbons (Fsp3) is 0.0435. The van der Waals surface area contributed by atoms with Gasteiger partial charge >= 0.3 is 0 Å². The highest BCUT2D eigenvalue weighted by molar-refractivity contribution is 6.04. The summed E-state index contributed by atoms with van der Waals surface area (Å²) in [6.07, 6.45) is 3.16. The van der Waals surface area contributed by atoms with Crippen LogP contribution in [-0.2, 0) is 6.54 Å². The van der Waals surface area contributed by atoms with Gasteiger partial charge in [0.1, 0.15) is 18.5 Å². The Morgan fingerprint density at radius 3 is 2.50 bits per heavy atom. The van der Waals surface area contributed by atoms with Gasteiger partial charge in [-0.2, -0.15) is 5.10 Å². The number of amides is 1. The maximum atomic E-state index is 12.6. The molecule has 3 aromatic carbocycles. The standard InChI is InChI=1S/C23H18N6O/c30-23(18-7-5-16(6-8-18)13-29-15-24-14-25-29)26-19-11-9-17(10-12-19)22-27-20-3-1-2-4-21(20)28-22/h1-12,14-15H,13H2,(H,26,30)(H,27,28). The van der Waals surface area contributed by atoms with Gasteiger partial charge in [-0.15, -0.1) is 0 Å². The van der Waals surface area contributed by atoms with E-state index in [1.165, 1.54) is 6.33 Å². The third kappa shape index (κ3) is 3.68. The van der Waals surface area contributed by atoms with E-state index in [-0.39, 0.29) is 5.91 Å². The number of aromatic amines is 1. The van der Waals surface area contributed by atoms with Gasteiger partial charge in [0.2, 0.25) is 0 Å². The monoisotopic (exact) mass is 394 g/mol. The van der Waals surface area contributed by atoms with Gasteiger partial charge < -0.3 is 10.3 Å². The smallest absolute Gasteiger partial charge is 0.255 e. The van der Waals surface area contributed by atoms with E-state index < -0.39 is 0 Å². The number of carbonyl (C=O) groups is 1. The van der Waals surface area contributed by atoms with Gasteiger partial charge in [-0.25, -0.2) is 14.6 Å². The van der Waals surface area contributed by atoms with Gasteiger partial charge in [0.25, 0.3) is 5.91 Å². The molecule has 1 amide bonds. The van der Waals surface area contributed by atoms with Crippen molar-refractivity contribution in [3.63, 3.8) is 0 Å². The number of fused-ring (bicyclic) bond motifs is 1. The van der Waals surface area contributed by atoms with Crippen molar-refractivity contribution in [1.29, 1.82) is 0 Å². The summed E-state index contributed by atoms with van der Waals surface area (Å²) in [5, 5.41) is 7.02. The van der Waals surface area contributed by atoms with E-state index in [2.05, 4.69) is 25.4 Å². The largest absolute Gasteiger partial charge is 0.338 e. The Balaban J connectivity index is 1.26. The number of hydrogen-bond acceptors (Lipinski definition) is 4. The molecular weight excluding hydrogens is 376 g/mol. The molecule has 0 aliphatic heterocycles. The predicted molar refractivity (Wildman–Crippen MR) is 115 cm³/mol. The van der Waals surface area contributed by atoms with Crippen LogP contribution < -0.4 is 5.32 Å². The summed E-state index contributed by atoms with van der Waals surface area (Å²) in [5.41, 5.74) is 5.26. The molecule has 0 saturated carbocycles. The topological polar surface area (TPSA) is 88.5 Å². The molecule has 5 rings (SSSR count). The second-order valence-electron chi connectivity index (χ2n) is 6.92. The van der Waals surface area contributed by atoms with Crippen molar-refractivity contribution in [2.45, 2.75) is 6.54 Å². The minimum absolute atomic E-state index is 0.154. The Kier molecular flexibility index (Phi) is 4.53. The van der Waals surface area contributed by atoms with Gasteiger partial charge in [0, 0.05) is 16.8 Å². The minimum atomic E-state index is -0.154. The molecule has 0 aliphatic carbocycles. The summed E-state index contributed by atoms with van der Waals surface area (Å²) >= 11 is 0. The zero-order valence-electron chi connectivity index (χ0n) is 16.0. The van der Waals surface area contributed by atoms with Crippen LogP contribution in [-0.4, -0.2) is 30.6 Å². The van der Waals surface area contributed by atoms with Crippen molar-refractivity contribution >= 4 is 22.6 Å². The Labute approximate surface area is 172 Å².